The summed E-state index contributed by atoms with van der Waals surface area (Å²) in [5, 5.41) is 7.40. The molecule has 0 aliphatic carbocycles. The SMILES string of the molecule is Cc1cc(N2CCNCC2C(N)=O)n2ncnc2c1. The molecule has 2 aromatic heterocycles. The Kier molecular flexibility index (Phi) is 2.83. The van der Waals surface area contributed by atoms with Crippen LogP contribution in [0.2, 0.25) is 0 Å². The van der Waals surface area contributed by atoms with Crippen molar-refractivity contribution in [3.8, 4) is 0 Å². The highest BCUT2D eigenvalue weighted by atomic mass is 16.1. The number of carbonyl (C=O) groups excluding carboxylic acids is 1. The fourth-order valence-electron chi connectivity index (χ4n) is 2.47. The van der Waals surface area contributed by atoms with E-state index in [1.807, 2.05) is 24.0 Å². The summed E-state index contributed by atoms with van der Waals surface area (Å²) in [5.41, 5.74) is 7.34. The second-order valence-corrected chi connectivity index (χ2v) is 4.74. The Morgan fingerprint density at radius 1 is 1.53 bits per heavy atom. The van der Waals surface area contributed by atoms with Gasteiger partial charge in [-0.25, -0.2) is 4.98 Å². The van der Waals surface area contributed by atoms with Crippen molar-refractivity contribution in [3.05, 3.63) is 24.0 Å². The van der Waals surface area contributed by atoms with Crippen LogP contribution in [-0.4, -0.2) is 46.2 Å². The number of nitrogens with two attached hydrogens (primary N) is 1. The van der Waals surface area contributed by atoms with Crippen LogP contribution in [0.15, 0.2) is 18.5 Å². The summed E-state index contributed by atoms with van der Waals surface area (Å²) in [6, 6.07) is 3.60. The number of aromatic nitrogens is 3. The Bertz CT molecular complexity index is 622. The third-order valence-corrected chi connectivity index (χ3v) is 3.37. The van der Waals surface area contributed by atoms with Gasteiger partial charge in [0.1, 0.15) is 18.2 Å². The number of amides is 1. The van der Waals surface area contributed by atoms with E-state index in [4.69, 9.17) is 5.73 Å². The molecular weight excluding hydrogens is 244 g/mol. The van der Waals surface area contributed by atoms with Crippen molar-refractivity contribution in [1.29, 1.82) is 0 Å². The van der Waals surface area contributed by atoms with Crippen LogP contribution in [-0.2, 0) is 4.79 Å². The predicted octanol–water partition coefficient (Wildman–Crippen LogP) is -0.699. The largest absolute Gasteiger partial charge is 0.368 e. The van der Waals surface area contributed by atoms with E-state index in [-0.39, 0.29) is 11.9 Å². The maximum atomic E-state index is 11.6. The maximum Gasteiger partial charge on any atom is 0.241 e. The standard InChI is InChI=1S/C12H16N6O/c1-8-4-10-15-7-16-18(10)11(5-8)17-3-2-14-6-9(17)12(13)19/h4-5,7,9,14H,2-3,6H2,1H3,(H2,13,19). The van der Waals surface area contributed by atoms with Gasteiger partial charge in [0, 0.05) is 19.6 Å². The molecule has 0 spiro atoms. The first-order valence-electron chi connectivity index (χ1n) is 6.24. The quantitative estimate of drug-likeness (QED) is 0.745. The fraction of sp³-hybridized carbons (Fsp3) is 0.417. The normalized spacial score (nSPS) is 19.8. The molecule has 0 radical (unpaired) electrons. The van der Waals surface area contributed by atoms with Gasteiger partial charge in [-0.3, -0.25) is 4.79 Å². The second-order valence-electron chi connectivity index (χ2n) is 4.74. The summed E-state index contributed by atoms with van der Waals surface area (Å²) in [6.45, 7) is 4.08. The number of primary amides is 1. The number of piperazine rings is 1. The molecule has 7 heteroatoms. The Hall–Kier alpha value is -2.15. The Labute approximate surface area is 110 Å². The average Bonchev–Trinajstić information content (AvgIpc) is 2.85. The summed E-state index contributed by atoms with van der Waals surface area (Å²) in [5.74, 6) is 0.528. The van der Waals surface area contributed by atoms with Crippen molar-refractivity contribution in [1.82, 2.24) is 19.9 Å². The number of carbonyl (C=O) groups is 1. The number of hydrogen-bond acceptors (Lipinski definition) is 5. The molecule has 1 aliphatic rings. The minimum absolute atomic E-state index is 0.332. The smallest absolute Gasteiger partial charge is 0.241 e. The molecule has 3 N–H and O–H groups in total. The molecule has 3 heterocycles. The van der Waals surface area contributed by atoms with Gasteiger partial charge >= 0.3 is 0 Å². The molecule has 100 valence electrons. The van der Waals surface area contributed by atoms with Crippen molar-refractivity contribution in [2.75, 3.05) is 24.5 Å². The molecule has 0 saturated carbocycles. The van der Waals surface area contributed by atoms with Gasteiger partial charge in [0.15, 0.2) is 5.65 Å². The number of pyridine rings is 1. The summed E-state index contributed by atoms with van der Waals surface area (Å²) in [6.07, 6.45) is 1.51. The third kappa shape index (κ3) is 2.01. The topological polar surface area (TPSA) is 88.5 Å². The van der Waals surface area contributed by atoms with Crippen LogP contribution in [0.1, 0.15) is 5.56 Å². The maximum absolute atomic E-state index is 11.6. The van der Waals surface area contributed by atoms with Crippen LogP contribution in [0.4, 0.5) is 5.82 Å². The van der Waals surface area contributed by atoms with E-state index in [9.17, 15) is 4.79 Å². The molecule has 0 bridgehead atoms. The van der Waals surface area contributed by atoms with E-state index < -0.39 is 0 Å². The Morgan fingerprint density at radius 3 is 3.16 bits per heavy atom. The number of fused-ring (bicyclic) bond motifs is 1. The fourth-order valence-corrected chi connectivity index (χ4v) is 2.47. The summed E-state index contributed by atoms with van der Waals surface area (Å²) in [7, 11) is 0. The van der Waals surface area contributed by atoms with Crippen molar-refractivity contribution in [3.63, 3.8) is 0 Å². The zero-order chi connectivity index (χ0) is 13.4. The lowest BCUT2D eigenvalue weighted by Gasteiger charge is -2.35. The lowest BCUT2D eigenvalue weighted by molar-refractivity contribution is -0.119. The number of hydrogen-bond donors (Lipinski definition) is 2. The van der Waals surface area contributed by atoms with E-state index in [1.165, 1.54) is 6.33 Å². The van der Waals surface area contributed by atoms with Crippen LogP contribution < -0.4 is 16.0 Å². The minimum Gasteiger partial charge on any atom is -0.368 e. The number of aryl methyl sites for hydroxylation is 1. The molecule has 1 atom stereocenters. The van der Waals surface area contributed by atoms with Gasteiger partial charge in [-0.2, -0.15) is 9.61 Å². The monoisotopic (exact) mass is 260 g/mol. The molecule has 1 fully saturated rings. The Balaban J connectivity index is 2.11. The minimum atomic E-state index is -0.358. The lowest BCUT2D eigenvalue weighted by Crippen LogP contribution is -2.57. The lowest BCUT2D eigenvalue weighted by atomic mass is 10.1. The number of anilines is 1. The first-order chi connectivity index (χ1) is 9.16. The van der Waals surface area contributed by atoms with Gasteiger partial charge in [0.25, 0.3) is 0 Å². The van der Waals surface area contributed by atoms with Gasteiger partial charge in [0.2, 0.25) is 5.91 Å². The van der Waals surface area contributed by atoms with E-state index in [1.54, 1.807) is 4.52 Å². The van der Waals surface area contributed by atoms with Gasteiger partial charge < -0.3 is 16.0 Å². The average molecular weight is 260 g/mol. The molecule has 0 aromatic carbocycles. The molecule has 1 unspecified atom stereocenters. The van der Waals surface area contributed by atoms with E-state index in [2.05, 4.69) is 15.4 Å². The van der Waals surface area contributed by atoms with Crippen molar-refractivity contribution < 1.29 is 4.79 Å². The van der Waals surface area contributed by atoms with Crippen LogP contribution in [0, 0.1) is 6.92 Å². The molecule has 1 aliphatic heterocycles. The van der Waals surface area contributed by atoms with Gasteiger partial charge in [-0.05, 0) is 24.6 Å². The zero-order valence-corrected chi connectivity index (χ0v) is 10.7. The van der Waals surface area contributed by atoms with Crippen LogP contribution >= 0.6 is 0 Å². The highest BCUT2D eigenvalue weighted by molar-refractivity contribution is 5.84. The highest BCUT2D eigenvalue weighted by Crippen LogP contribution is 2.21. The molecule has 7 nitrogen and oxygen atoms in total. The number of nitrogens with one attached hydrogen (secondary N) is 1. The summed E-state index contributed by atoms with van der Waals surface area (Å²) >= 11 is 0. The van der Waals surface area contributed by atoms with Crippen molar-refractivity contribution in [2.24, 2.45) is 5.73 Å². The van der Waals surface area contributed by atoms with Crippen molar-refractivity contribution >= 4 is 17.4 Å². The first-order valence-corrected chi connectivity index (χ1v) is 6.24. The van der Waals surface area contributed by atoms with Crippen LogP contribution in [0.3, 0.4) is 0 Å². The predicted molar refractivity (Wildman–Crippen MR) is 70.9 cm³/mol. The first kappa shape index (κ1) is 11.9. The van der Waals surface area contributed by atoms with E-state index in [0.717, 1.165) is 23.6 Å². The van der Waals surface area contributed by atoms with Crippen LogP contribution in [0.25, 0.3) is 5.65 Å². The number of rotatable bonds is 2. The number of nitrogens with zero attached hydrogens (tertiary/aromatic N) is 4. The van der Waals surface area contributed by atoms with Gasteiger partial charge in [0.05, 0.1) is 0 Å². The van der Waals surface area contributed by atoms with Crippen molar-refractivity contribution in [2.45, 2.75) is 13.0 Å². The Morgan fingerprint density at radius 2 is 2.37 bits per heavy atom. The molecule has 2 aromatic rings. The zero-order valence-electron chi connectivity index (χ0n) is 10.7. The molecule has 1 saturated heterocycles. The van der Waals surface area contributed by atoms with E-state index in [0.29, 0.717) is 13.1 Å². The van der Waals surface area contributed by atoms with Gasteiger partial charge in [-0.15, -0.1) is 0 Å². The molecule has 3 rings (SSSR count). The van der Waals surface area contributed by atoms with E-state index >= 15 is 0 Å². The molecule has 19 heavy (non-hydrogen) atoms. The third-order valence-electron chi connectivity index (χ3n) is 3.37. The second kappa shape index (κ2) is 4.51. The summed E-state index contributed by atoms with van der Waals surface area (Å²) < 4.78 is 1.74. The highest BCUT2D eigenvalue weighted by Gasteiger charge is 2.28. The summed E-state index contributed by atoms with van der Waals surface area (Å²) in [4.78, 5) is 17.8. The van der Waals surface area contributed by atoms with Gasteiger partial charge in [-0.1, -0.05) is 0 Å². The van der Waals surface area contributed by atoms with Crippen LogP contribution in [0.5, 0.6) is 0 Å². The molecule has 1 amide bonds. The molecular formula is C12H16N6O.